The number of carbonyl (C=O) groups is 2. The van der Waals surface area contributed by atoms with E-state index in [1.807, 2.05) is 11.4 Å². The summed E-state index contributed by atoms with van der Waals surface area (Å²) in [6.45, 7) is 0.608. The molecule has 4 nitrogen and oxygen atoms in total. The molecule has 1 aromatic heterocycles. The van der Waals surface area contributed by atoms with Gasteiger partial charge in [-0.25, -0.2) is 0 Å². The number of amides is 2. The van der Waals surface area contributed by atoms with Crippen molar-refractivity contribution in [2.75, 3.05) is 6.54 Å². The first-order chi connectivity index (χ1) is 7.11. The molecule has 1 atom stereocenters. The van der Waals surface area contributed by atoms with E-state index in [9.17, 15) is 9.59 Å². The van der Waals surface area contributed by atoms with Crippen LogP contribution in [0.4, 0.5) is 0 Å². The molecule has 0 saturated carbocycles. The van der Waals surface area contributed by atoms with Gasteiger partial charge in [0, 0.05) is 11.0 Å². The fraction of sp³-hybridized carbons (Fsp3) is 0.333. The third-order valence-electron chi connectivity index (χ3n) is 2.42. The Balaban J connectivity index is 2.16. The van der Waals surface area contributed by atoms with E-state index >= 15 is 0 Å². The van der Waals surface area contributed by atoms with Crippen molar-refractivity contribution in [2.24, 2.45) is 5.73 Å². The molecule has 80 valence electrons. The Hall–Kier alpha value is -0.880. The SMILES string of the molecule is NC(=O)C1CCN1C(=O)c1sccc1Br. The van der Waals surface area contributed by atoms with Gasteiger partial charge in [-0.05, 0) is 33.8 Å². The number of hydrogen-bond donors (Lipinski definition) is 1. The van der Waals surface area contributed by atoms with Gasteiger partial charge in [-0.3, -0.25) is 9.59 Å². The van der Waals surface area contributed by atoms with Gasteiger partial charge >= 0.3 is 0 Å². The zero-order valence-electron chi connectivity index (χ0n) is 7.77. The quantitative estimate of drug-likeness (QED) is 0.889. The lowest BCUT2D eigenvalue weighted by atomic mass is 10.0. The number of hydrogen-bond acceptors (Lipinski definition) is 3. The molecule has 2 heterocycles. The standard InChI is InChI=1S/C9H9BrN2O2S/c10-5-2-4-15-7(5)9(14)12-3-1-6(12)8(11)13/h2,4,6H,1,3H2,(H2,11,13). The molecular formula is C9H9BrN2O2S. The van der Waals surface area contributed by atoms with Crippen LogP contribution in [0.1, 0.15) is 16.1 Å². The normalized spacial score (nSPS) is 19.8. The van der Waals surface area contributed by atoms with Gasteiger partial charge in [-0.15, -0.1) is 11.3 Å². The van der Waals surface area contributed by atoms with Crippen LogP contribution >= 0.6 is 27.3 Å². The van der Waals surface area contributed by atoms with Crippen LogP contribution in [0.15, 0.2) is 15.9 Å². The fourth-order valence-electron chi connectivity index (χ4n) is 1.50. The van der Waals surface area contributed by atoms with Gasteiger partial charge in [-0.2, -0.15) is 0 Å². The first-order valence-corrected chi connectivity index (χ1v) is 6.12. The topological polar surface area (TPSA) is 63.4 Å². The molecule has 15 heavy (non-hydrogen) atoms. The summed E-state index contributed by atoms with van der Waals surface area (Å²) in [5.74, 6) is -0.547. The van der Waals surface area contributed by atoms with Crippen molar-refractivity contribution in [1.82, 2.24) is 4.90 Å². The van der Waals surface area contributed by atoms with Gasteiger partial charge in [0.2, 0.25) is 5.91 Å². The average molecular weight is 289 g/mol. The molecule has 1 fully saturated rings. The molecule has 0 radical (unpaired) electrons. The number of thiophene rings is 1. The predicted molar refractivity (Wildman–Crippen MR) is 60.7 cm³/mol. The van der Waals surface area contributed by atoms with Gasteiger partial charge in [0.25, 0.3) is 5.91 Å². The summed E-state index contributed by atoms with van der Waals surface area (Å²) in [7, 11) is 0. The second kappa shape index (κ2) is 3.94. The fourth-order valence-corrected chi connectivity index (χ4v) is 3.00. The lowest BCUT2D eigenvalue weighted by Gasteiger charge is -2.38. The zero-order chi connectivity index (χ0) is 11.0. The van der Waals surface area contributed by atoms with Crippen LogP contribution < -0.4 is 5.73 Å². The number of carbonyl (C=O) groups excluding carboxylic acids is 2. The van der Waals surface area contributed by atoms with Gasteiger partial charge in [-0.1, -0.05) is 0 Å². The molecule has 0 bridgehead atoms. The maximum absolute atomic E-state index is 11.9. The zero-order valence-corrected chi connectivity index (χ0v) is 10.2. The number of nitrogens with two attached hydrogens (primary N) is 1. The van der Waals surface area contributed by atoms with Gasteiger partial charge in [0.1, 0.15) is 10.9 Å². The maximum Gasteiger partial charge on any atom is 0.265 e. The van der Waals surface area contributed by atoms with E-state index in [-0.39, 0.29) is 5.91 Å². The van der Waals surface area contributed by atoms with E-state index in [4.69, 9.17) is 5.73 Å². The highest BCUT2D eigenvalue weighted by Crippen LogP contribution is 2.28. The number of rotatable bonds is 2. The summed E-state index contributed by atoms with van der Waals surface area (Å²) in [5.41, 5.74) is 5.18. The molecule has 1 aliphatic heterocycles. The third kappa shape index (κ3) is 1.79. The molecule has 1 aromatic rings. The summed E-state index contributed by atoms with van der Waals surface area (Å²) in [6, 6.07) is 1.39. The number of nitrogens with zero attached hydrogens (tertiary/aromatic N) is 1. The number of likely N-dealkylation sites (tertiary alicyclic amines) is 1. The van der Waals surface area contributed by atoms with E-state index in [1.54, 1.807) is 0 Å². The Labute approximate surface area is 99.2 Å². The summed E-state index contributed by atoms with van der Waals surface area (Å²) in [5, 5.41) is 1.83. The molecule has 2 rings (SSSR count). The minimum atomic E-state index is -0.428. The molecule has 2 N–H and O–H groups in total. The van der Waals surface area contributed by atoms with Crippen molar-refractivity contribution < 1.29 is 9.59 Å². The second-order valence-electron chi connectivity index (χ2n) is 3.30. The smallest absolute Gasteiger partial charge is 0.265 e. The molecule has 0 aromatic carbocycles. The van der Waals surface area contributed by atoms with E-state index in [2.05, 4.69) is 15.9 Å². The van der Waals surface area contributed by atoms with Crippen LogP contribution in [0.2, 0.25) is 0 Å². The molecule has 0 spiro atoms. The van der Waals surface area contributed by atoms with Gasteiger partial charge in [0.05, 0.1) is 0 Å². The van der Waals surface area contributed by atoms with Crippen LogP contribution in [-0.2, 0) is 4.79 Å². The van der Waals surface area contributed by atoms with Crippen LogP contribution in [-0.4, -0.2) is 29.3 Å². The Morgan fingerprint density at radius 1 is 1.60 bits per heavy atom. The molecule has 1 unspecified atom stereocenters. The van der Waals surface area contributed by atoms with E-state index in [1.165, 1.54) is 16.2 Å². The van der Waals surface area contributed by atoms with Crippen molar-refractivity contribution in [3.63, 3.8) is 0 Å². The Morgan fingerprint density at radius 3 is 2.73 bits per heavy atom. The highest BCUT2D eigenvalue weighted by Gasteiger charge is 2.37. The van der Waals surface area contributed by atoms with Crippen molar-refractivity contribution in [1.29, 1.82) is 0 Å². The number of primary amides is 1. The molecule has 1 saturated heterocycles. The summed E-state index contributed by atoms with van der Waals surface area (Å²) in [4.78, 5) is 25.0. The largest absolute Gasteiger partial charge is 0.368 e. The van der Waals surface area contributed by atoms with E-state index in [0.29, 0.717) is 17.8 Å². The predicted octanol–water partition coefficient (Wildman–Crippen LogP) is 1.21. The third-order valence-corrected chi connectivity index (χ3v) is 4.25. The molecule has 1 aliphatic rings. The number of halogens is 1. The average Bonchev–Trinajstić information content (AvgIpc) is 2.47. The van der Waals surface area contributed by atoms with Crippen LogP contribution in [0, 0.1) is 0 Å². The minimum absolute atomic E-state index is 0.119. The molecule has 0 aliphatic carbocycles. The van der Waals surface area contributed by atoms with Gasteiger partial charge in [0.15, 0.2) is 0 Å². The summed E-state index contributed by atoms with van der Waals surface area (Å²) < 4.78 is 0.771. The maximum atomic E-state index is 11.9. The van der Waals surface area contributed by atoms with E-state index < -0.39 is 11.9 Å². The highest BCUT2D eigenvalue weighted by molar-refractivity contribution is 9.10. The monoisotopic (exact) mass is 288 g/mol. The summed E-state index contributed by atoms with van der Waals surface area (Å²) >= 11 is 4.65. The minimum Gasteiger partial charge on any atom is -0.368 e. The lowest BCUT2D eigenvalue weighted by Crippen LogP contribution is -2.57. The van der Waals surface area contributed by atoms with Crippen molar-refractivity contribution in [3.8, 4) is 0 Å². The van der Waals surface area contributed by atoms with Crippen LogP contribution in [0.25, 0.3) is 0 Å². The van der Waals surface area contributed by atoms with Crippen LogP contribution in [0.5, 0.6) is 0 Å². The second-order valence-corrected chi connectivity index (χ2v) is 5.07. The molecule has 6 heteroatoms. The molecule has 2 amide bonds. The van der Waals surface area contributed by atoms with Crippen LogP contribution in [0.3, 0.4) is 0 Å². The van der Waals surface area contributed by atoms with Gasteiger partial charge < -0.3 is 10.6 Å². The first kappa shape index (κ1) is 10.6. The Kier molecular flexibility index (Phi) is 2.79. The first-order valence-electron chi connectivity index (χ1n) is 4.44. The lowest BCUT2D eigenvalue weighted by molar-refractivity contribution is -0.125. The molecular weight excluding hydrogens is 280 g/mol. The Bertz CT molecular complexity index is 418. The summed E-state index contributed by atoms with van der Waals surface area (Å²) in [6.07, 6.45) is 0.671. The van der Waals surface area contributed by atoms with Crippen molar-refractivity contribution in [3.05, 3.63) is 20.8 Å². The van der Waals surface area contributed by atoms with Crippen molar-refractivity contribution >= 4 is 39.1 Å². The Morgan fingerprint density at radius 2 is 2.33 bits per heavy atom. The van der Waals surface area contributed by atoms with Crippen molar-refractivity contribution in [2.45, 2.75) is 12.5 Å². The highest BCUT2D eigenvalue weighted by atomic mass is 79.9. The van der Waals surface area contributed by atoms with E-state index in [0.717, 1.165) is 4.47 Å².